The molecule has 1 aromatic heterocycles. The van der Waals surface area contributed by atoms with Gasteiger partial charge in [-0.1, -0.05) is 6.07 Å². The molecule has 1 aliphatic rings. The van der Waals surface area contributed by atoms with Crippen LogP contribution < -0.4 is 5.73 Å². The van der Waals surface area contributed by atoms with Crippen LogP contribution in [0.4, 0.5) is 0 Å². The van der Waals surface area contributed by atoms with Crippen LogP contribution in [0.2, 0.25) is 0 Å². The number of aromatic nitrogens is 1. The van der Waals surface area contributed by atoms with Gasteiger partial charge in [-0.25, -0.2) is 0 Å². The first-order valence-corrected chi connectivity index (χ1v) is 5.83. The minimum atomic E-state index is -1.04. The number of likely N-dealkylation sites (tertiary alicyclic amines) is 1. The molecule has 3 N–H and O–H groups in total. The number of carbonyl (C=O) groups excluding carboxylic acids is 1. The third kappa shape index (κ3) is 2.62. The summed E-state index contributed by atoms with van der Waals surface area (Å²) in [6.07, 6.45) is 2.56. The quantitative estimate of drug-likeness (QED) is 0.776. The highest BCUT2D eigenvalue weighted by molar-refractivity contribution is 5.82. The van der Waals surface area contributed by atoms with Gasteiger partial charge in [0.2, 0.25) is 5.91 Å². The molecule has 1 aliphatic heterocycles. The van der Waals surface area contributed by atoms with Crippen LogP contribution in [-0.4, -0.2) is 40.0 Å². The third-order valence-electron chi connectivity index (χ3n) is 3.03. The smallest absolute Gasteiger partial charge is 0.242 e. The average Bonchev–Trinajstić information content (AvgIpc) is 2.91. The molecular formula is C12H17N3O2. The van der Waals surface area contributed by atoms with Crippen LogP contribution in [0.3, 0.4) is 0 Å². The Morgan fingerprint density at radius 1 is 1.41 bits per heavy atom. The van der Waals surface area contributed by atoms with Crippen LogP contribution in [0, 0.1) is 0 Å². The molecule has 1 saturated heterocycles. The topological polar surface area (TPSA) is 79.5 Å². The predicted molar refractivity (Wildman–Crippen MR) is 63.0 cm³/mol. The summed E-state index contributed by atoms with van der Waals surface area (Å²) in [6.45, 7) is 1.48. The van der Waals surface area contributed by atoms with E-state index in [4.69, 9.17) is 5.73 Å². The maximum absolute atomic E-state index is 12.0. The molecule has 1 fully saturated rings. The first-order chi connectivity index (χ1) is 8.20. The number of aliphatic hydroxyl groups excluding tert-OH is 1. The largest absolute Gasteiger partial charge is 0.385 e. The zero-order valence-electron chi connectivity index (χ0n) is 9.62. The number of nitrogens with two attached hydrogens (primary N) is 1. The monoisotopic (exact) mass is 235 g/mol. The van der Waals surface area contributed by atoms with E-state index in [-0.39, 0.29) is 5.91 Å². The van der Waals surface area contributed by atoms with E-state index in [9.17, 15) is 9.90 Å². The summed E-state index contributed by atoms with van der Waals surface area (Å²) in [5.74, 6) is -0.194. The van der Waals surface area contributed by atoms with Gasteiger partial charge in [0.1, 0.15) is 12.1 Å². The second kappa shape index (κ2) is 5.25. The van der Waals surface area contributed by atoms with E-state index in [1.165, 1.54) is 0 Å². The maximum atomic E-state index is 12.0. The Balaban J connectivity index is 2.04. The van der Waals surface area contributed by atoms with Gasteiger partial charge < -0.3 is 15.7 Å². The lowest BCUT2D eigenvalue weighted by Gasteiger charge is -2.23. The molecule has 5 nitrogen and oxygen atoms in total. The first-order valence-electron chi connectivity index (χ1n) is 5.83. The molecule has 0 aliphatic carbocycles. The predicted octanol–water partition coefficient (Wildman–Crippen LogP) is 0.0647. The molecule has 0 bridgehead atoms. The van der Waals surface area contributed by atoms with Crippen molar-refractivity contribution >= 4 is 5.91 Å². The summed E-state index contributed by atoms with van der Waals surface area (Å²) >= 11 is 0. The van der Waals surface area contributed by atoms with Crippen molar-refractivity contribution in [2.75, 3.05) is 13.1 Å². The number of amides is 1. The average molecular weight is 235 g/mol. The summed E-state index contributed by atoms with van der Waals surface area (Å²) < 4.78 is 0. The molecule has 17 heavy (non-hydrogen) atoms. The number of carbonyl (C=O) groups is 1. The molecular weight excluding hydrogens is 218 g/mol. The van der Waals surface area contributed by atoms with Gasteiger partial charge in [0, 0.05) is 19.3 Å². The lowest BCUT2D eigenvalue weighted by molar-refractivity contribution is -0.134. The van der Waals surface area contributed by atoms with Gasteiger partial charge in [-0.3, -0.25) is 9.78 Å². The minimum absolute atomic E-state index is 0.194. The van der Waals surface area contributed by atoms with Crippen molar-refractivity contribution < 1.29 is 9.90 Å². The second-order valence-corrected chi connectivity index (χ2v) is 4.26. The van der Waals surface area contributed by atoms with Crippen molar-refractivity contribution in [1.29, 1.82) is 0 Å². The van der Waals surface area contributed by atoms with Gasteiger partial charge in [-0.2, -0.15) is 0 Å². The van der Waals surface area contributed by atoms with Gasteiger partial charge in [-0.05, 0) is 25.0 Å². The highest BCUT2D eigenvalue weighted by Gasteiger charge is 2.30. The van der Waals surface area contributed by atoms with E-state index in [1.54, 1.807) is 29.3 Å². The van der Waals surface area contributed by atoms with E-state index < -0.39 is 12.1 Å². The fourth-order valence-electron chi connectivity index (χ4n) is 2.02. The highest BCUT2D eigenvalue weighted by atomic mass is 16.3. The standard InChI is InChI=1S/C12H17N3O2/c13-10(12(17)15-7-3-4-8-15)11(16)9-5-1-2-6-14-9/h1-2,5-6,10-11,16H,3-4,7-8,13H2. The Hall–Kier alpha value is -1.46. The van der Waals surface area contributed by atoms with E-state index in [1.807, 2.05) is 0 Å². The highest BCUT2D eigenvalue weighted by Crippen LogP contribution is 2.16. The van der Waals surface area contributed by atoms with Crippen molar-refractivity contribution in [2.24, 2.45) is 5.73 Å². The molecule has 2 atom stereocenters. The molecule has 2 heterocycles. The number of hydrogen-bond acceptors (Lipinski definition) is 4. The number of pyridine rings is 1. The number of hydrogen-bond donors (Lipinski definition) is 2. The molecule has 5 heteroatoms. The molecule has 92 valence electrons. The molecule has 0 saturated carbocycles. The van der Waals surface area contributed by atoms with Crippen molar-refractivity contribution in [2.45, 2.75) is 25.0 Å². The van der Waals surface area contributed by atoms with Crippen molar-refractivity contribution in [3.05, 3.63) is 30.1 Å². The summed E-state index contributed by atoms with van der Waals surface area (Å²) in [5, 5.41) is 9.98. The van der Waals surface area contributed by atoms with Gasteiger partial charge in [0.25, 0.3) is 0 Å². The van der Waals surface area contributed by atoms with E-state index in [0.29, 0.717) is 5.69 Å². The fraction of sp³-hybridized carbons (Fsp3) is 0.500. The Morgan fingerprint density at radius 3 is 2.71 bits per heavy atom. The van der Waals surface area contributed by atoms with Gasteiger partial charge in [-0.15, -0.1) is 0 Å². The van der Waals surface area contributed by atoms with Crippen LogP contribution in [0.5, 0.6) is 0 Å². The lowest BCUT2D eigenvalue weighted by Crippen LogP contribution is -2.46. The molecule has 2 rings (SSSR count). The Morgan fingerprint density at radius 2 is 2.12 bits per heavy atom. The third-order valence-corrected chi connectivity index (χ3v) is 3.03. The normalized spacial score (nSPS) is 19.1. The minimum Gasteiger partial charge on any atom is -0.385 e. The van der Waals surface area contributed by atoms with Gasteiger partial charge in [0.15, 0.2) is 0 Å². The molecule has 0 aromatic carbocycles. The molecule has 0 radical (unpaired) electrons. The maximum Gasteiger partial charge on any atom is 0.242 e. The lowest BCUT2D eigenvalue weighted by atomic mass is 10.1. The van der Waals surface area contributed by atoms with E-state index in [2.05, 4.69) is 4.98 Å². The number of nitrogens with zero attached hydrogens (tertiary/aromatic N) is 2. The summed E-state index contributed by atoms with van der Waals surface area (Å²) in [7, 11) is 0. The first kappa shape index (κ1) is 12.0. The molecule has 1 aromatic rings. The van der Waals surface area contributed by atoms with Crippen molar-refractivity contribution in [1.82, 2.24) is 9.88 Å². The Labute approximate surface area is 100 Å². The fourth-order valence-corrected chi connectivity index (χ4v) is 2.02. The van der Waals surface area contributed by atoms with Gasteiger partial charge in [0.05, 0.1) is 5.69 Å². The SMILES string of the molecule is NC(C(=O)N1CCCC1)C(O)c1ccccn1. The van der Waals surface area contributed by atoms with Crippen LogP contribution in [0.25, 0.3) is 0 Å². The Kier molecular flexibility index (Phi) is 3.71. The zero-order valence-corrected chi connectivity index (χ0v) is 9.62. The number of rotatable bonds is 3. The second-order valence-electron chi connectivity index (χ2n) is 4.26. The summed E-state index contributed by atoms with van der Waals surface area (Å²) in [4.78, 5) is 17.7. The van der Waals surface area contributed by atoms with Crippen LogP contribution in [-0.2, 0) is 4.79 Å². The van der Waals surface area contributed by atoms with Gasteiger partial charge >= 0.3 is 0 Å². The summed E-state index contributed by atoms with van der Waals surface area (Å²) in [5.41, 5.74) is 6.23. The molecule has 2 unspecified atom stereocenters. The van der Waals surface area contributed by atoms with E-state index in [0.717, 1.165) is 25.9 Å². The zero-order chi connectivity index (χ0) is 12.3. The Bertz CT molecular complexity index is 377. The summed E-state index contributed by atoms with van der Waals surface area (Å²) in [6, 6.07) is 4.26. The number of aliphatic hydroxyl groups is 1. The molecule has 1 amide bonds. The van der Waals surface area contributed by atoms with Crippen LogP contribution >= 0.6 is 0 Å². The van der Waals surface area contributed by atoms with Crippen molar-refractivity contribution in [3.63, 3.8) is 0 Å². The van der Waals surface area contributed by atoms with Crippen molar-refractivity contribution in [3.8, 4) is 0 Å². The molecule has 0 spiro atoms. The van der Waals surface area contributed by atoms with Crippen LogP contribution in [0.15, 0.2) is 24.4 Å². The van der Waals surface area contributed by atoms with Crippen LogP contribution in [0.1, 0.15) is 24.6 Å². The van der Waals surface area contributed by atoms with E-state index >= 15 is 0 Å².